The molecule has 1 aromatic carbocycles. The highest BCUT2D eigenvalue weighted by atomic mass is 19.1. The molecule has 0 atom stereocenters. The summed E-state index contributed by atoms with van der Waals surface area (Å²) in [5, 5.41) is 7.29. The predicted molar refractivity (Wildman–Crippen MR) is 57.4 cm³/mol. The second-order valence-electron chi connectivity index (χ2n) is 3.45. The molecule has 1 heterocycles. The lowest BCUT2D eigenvalue weighted by Crippen LogP contribution is -2.01. The van der Waals surface area contributed by atoms with E-state index in [0.29, 0.717) is 5.56 Å². The summed E-state index contributed by atoms with van der Waals surface area (Å²) in [7, 11) is 1.24. The lowest BCUT2D eigenvalue weighted by molar-refractivity contribution is 0.0594. The molecule has 0 saturated heterocycles. The maximum Gasteiger partial charge on any atom is 0.360 e. The van der Waals surface area contributed by atoms with Gasteiger partial charge in [-0.2, -0.15) is 0 Å². The van der Waals surface area contributed by atoms with Crippen LogP contribution < -0.4 is 0 Å². The van der Waals surface area contributed by atoms with Crippen LogP contribution in [0.15, 0.2) is 24.4 Å². The second-order valence-corrected chi connectivity index (χ2v) is 3.45. The van der Waals surface area contributed by atoms with E-state index in [-0.39, 0.29) is 11.4 Å². The lowest BCUT2D eigenvalue weighted by Gasteiger charge is -2.03. The Balaban J connectivity index is 2.44. The minimum atomic E-state index is -0.607. The quantitative estimate of drug-likeness (QED) is 0.740. The summed E-state index contributed by atoms with van der Waals surface area (Å²) in [6.07, 6.45) is 1.32. The van der Waals surface area contributed by atoms with Crippen LogP contribution in [0.4, 0.5) is 4.39 Å². The van der Waals surface area contributed by atoms with Crippen molar-refractivity contribution in [3.05, 3.63) is 41.5 Å². The zero-order valence-electron chi connectivity index (χ0n) is 9.35. The smallest absolute Gasteiger partial charge is 0.360 e. The zero-order chi connectivity index (χ0) is 12.4. The van der Waals surface area contributed by atoms with Gasteiger partial charge in [0.1, 0.15) is 5.69 Å². The Labute approximate surface area is 96.8 Å². The third-order valence-electron chi connectivity index (χ3n) is 2.31. The first kappa shape index (κ1) is 11.3. The Morgan fingerprint density at radius 2 is 2.24 bits per heavy atom. The Bertz CT molecular complexity index is 566. The molecule has 2 rings (SSSR count). The zero-order valence-corrected chi connectivity index (χ0v) is 9.35. The van der Waals surface area contributed by atoms with Gasteiger partial charge >= 0.3 is 5.97 Å². The van der Waals surface area contributed by atoms with Crippen LogP contribution in [0.3, 0.4) is 0 Å². The number of nitrogens with zero attached hydrogens (tertiary/aromatic N) is 3. The van der Waals surface area contributed by atoms with Crippen molar-refractivity contribution in [3.63, 3.8) is 0 Å². The molecule has 88 valence electrons. The standard InChI is InChI=1S/C11H10FN3O2/c1-7-4-3-5-9(10(7)12)15-6-8(13-14-15)11(16)17-2/h3-6H,1-2H3. The van der Waals surface area contributed by atoms with Gasteiger partial charge in [0.05, 0.1) is 13.3 Å². The minimum absolute atomic E-state index is 0.0356. The number of rotatable bonds is 2. The number of hydrogen-bond acceptors (Lipinski definition) is 4. The van der Waals surface area contributed by atoms with Gasteiger partial charge in [-0.15, -0.1) is 5.10 Å². The van der Waals surface area contributed by atoms with Crippen LogP contribution in [-0.4, -0.2) is 28.1 Å². The highest BCUT2D eigenvalue weighted by Crippen LogP contribution is 2.15. The Morgan fingerprint density at radius 1 is 1.47 bits per heavy atom. The molecule has 0 amide bonds. The molecule has 0 N–H and O–H groups in total. The van der Waals surface area contributed by atoms with Gasteiger partial charge in [-0.1, -0.05) is 17.3 Å². The number of carbonyl (C=O) groups is 1. The normalized spacial score (nSPS) is 10.3. The van der Waals surface area contributed by atoms with E-state index in [9.17, 15) is 9.18 Å². The molecule has 0 aliphatic heterocycles. The van der Waals surface area contributed by atoms with Gasteiger partial charge in [0, 0.05) is 0 Å². The maximum absolute atomic E-state index is 13.8. The van der Waals surface area contributed by atoms with E-state index in [1.165, 1.54) is 18.0 Å². The molecule has 0 fully saturated rings. The molecule has 0 saturated carbocycles. The van der Waals surface area contributed by atoms with Crippen LogP contribution in [0.5, 0.6) is 0 Å². The summed E-state index contributed by atoms with van der Waals surface area (Å²) < 4.78 is 19.5. The maximum atomic E-state index is 13.8. The van der Waals surface area contributed by atoms with Gasteiger partial charge in [0.25, 0.3) is 0 Å². The fourth-order valence-corrected chi connectivity index (χ4v) is 1.39. The molecular formula is C11H10FN3O2. The third kappa shape index (κ3) is 2.01. The SMILES string of the molecule is COC(=O)c1cn(-c2cccc(C)c2F)nn1. The fourth-order valence-electron chi connectivity index (χ4n) is 1.39. The highest BCUT2D eigenvalue weighted by molar-refractivity contribution is 5.86. The molecule has 1 aromatic heterocycles. The molecule has 0 radical (unpaired) electrons. The van der Waals surface area contributed by atoms with Crippen LogP contribution in [-0.2, 0) is 4.74 Å². The summed E-state index contributed by atoms with van der Waals surface area (Å²) in [4.78, 5) is 11.2. The van der Waals surface area contributed by atoms with Crippen LogP contribution in [0, 0.1) is 12.7 Å². The van der Waals surface area contributed by atoms with E-state index >= 15 is 0 Å². The third-order valence-corrected chi connectivity index (χ3v) is 2.31. The van der Waals surface area contributed by atoms with Crippen molar-refractivity contribution in [2.24, 2.45) is 0 Å². The van der Waals surface area contributed by atoms with Crippen molar-refractivity contribution in [2.45, 2.75) is 6.92 Å². The molecule has 6 heteroatoms. The van der Waals surface area contributed by atoms with E-state index in [2.05, 4.69) is 15.0 Å². The van der Waals surface area contributed by atoms with Gasteiger partial charge in [-0.3, -0.25) is 0 Å². The number of aromatic nitrogens is 3. The number of benzene rings is 1. The van der Waals surface area contributed by atoms with Crippen molar-refractivity contribution in [1.82, 2.24) is 15.0 Å². The Kier molecular flexibility index (Phi) is 2.86. The van der Waals surface area contributed by atoms with Crippen molar-refractivity contribution in [3.8, 4) is 5.69 Å². The summed E-state index contributed by atoms with van der Waals surface area (Å²) >= 11 is 0. The van der Waals surface area contributed by atoms with Gasteiger partial charge in [-0.05, 0) is 18.6 Å². The van der Waals surface area contributed by atoms with Crippen LogP contribution in [0.1, 0.15) is 16.1 Å². The van der Waals surface area contributed by atoms with Gasteiger partial charge in [0.2, 0.25) is 0 Å². The molecule has 0 aliphatic carbocycles. The van der Waals surface area contributed by atoms with Gasteiger partial charge < -0.3 is 4.74 Å². The van der Waals surface area contributed by atoms with Crippen LogP contribution in [0.2, 0.25) is 0 Å². The first-order valence-corrected chi connectivity index (χ1v) is 4.89. The molecule has 2 aromatic rings. The van der Waals surface area contributed by atoms with E-state index < -0.39 is 11.8 Å². The van der Waals surface area contributed by atoms with Crippen molar-refractivity contribution >= 4 is 5.97 Å². The van der Waals surface area contributed by atoms with E-state index in [4.69, 9.17) is 0 Å². The highest BCUT2D eigenvalue weighted by Gasteiger charge is 2.13. The Hall–Kier alpha value is -2.24. The summed E-state index contributed by atoms with van der Waals surface area (Å²) in [6, 6.07) is 4.91. The number of methoxy groups -OCH3 is 1. The first-order valence-electron chi connectivity index (χ1n) is 4.89. The monoisotopic (exact) mass is 235 g/mol. The number of carbonyl (C=O) groups excluding carboxylic acids is 1. The molecule has 5 nitrogen and oxygen atoms in total. The van der Waals surface area contributed by atoms with Crippen molar-refractivity contribution in [2.75, 3.05) is 7.11 Å². The summed E-state index contributed by atoms with van der Waals surface area (Å²) in [5.74, 6) is -1.00. The van der Waals surface area contributed by atoms with Crippen LogP contribution in [0.25, 0.3) is 5.69 Å². The summed E-state index contributed by atoms with van der Waals surface area (Å²) in [5.41, 5.74) is 0.777. The molecule has 17 heavy (non-hydrogen) atoms. The van der Waals surface area contributed by atoms with E-state index in [1.54, 1.807) is 25.1 Å². The van der Waals surface area contributed by atoms with E-state index in [0.717, 1.165) is 0 Å². The molecule has 0 bridgehead atoms. The largest absolute Gasteiger partial charge is 0.464 e. The van der Waals surface area contributed by atoms with E-state index in [1.807, 2.05) is 0 Å². The Morgan fingerprint density at radius 3 is 2.94 bits per heavy atom. The van der Waals surface area contributed by atoms with Crippen LogP contribution >= 0.6 is 0 Å². The minimum Gasteiger partial charge on any atom is -0.464 e. The summed E-state index contributed by atoms with van der Waals surface area (Å²) in [6.45, 7) is 1.65. The van der Waals surface area contributed by atoms with Gasteiger partial charge in [-0.25, -0.2) is 13.9 Å². The predicted octanol–water partition coefficient (Wildman–Crippen LogP) is 1.50. The molecule has 0 unspecified atom stereocenters. The van der Waals surface area contributed by atoms with Gasteiger partial charge in [0.15, 0.2) is 11.5 Å². The topological polar surface area (TPSA) is 57.0 Å². The molecule has 0 aliphatic rings. The van der Waals surface area contributed by atoms with Crippen molar-refractivity contribution in [1.29, 1.82) is 0 Å². The average Bonchev–Trinajstić information content (AvgIpc) is 2.81. The van der Waals surface area contributed by atoms with Crippen molar-refractivity contribution < 1.29 is 13.9 Å². The first-order chi connectivity index (χ1) is 8.13. The average molecular weight is 235 g/mol. The lowest BCUT2D eigenvalue weighted by atomic mass is 10.2. The number of hydrogen-bond donors (Lipinski definition) is 0. The fraction of sp³-hybridized carbons (Fsp3) is 0.182. The number of ether oxygens (including phenoxy) is 1. The number of esters is 1. The molecule has 0 spiro atoms. The second kappa shape index (κ2) is 4.32. The molecular weight excluding hydrogens is 225 g/mol. The number of halogens is 1. The number of aryl methyl sites for hydroxylation is 1.